The quantitative estimate of drug-likeness (QED) is 0.631. The average Bonchev–Trinajstić information content (AvgIpc) is 2.99. The molecule has 1 fully saturated rings. The zero-order chi connectivity index (χ0) is 12.8. The van der Waals surface area contributed by atoms with Crippen molar-refractivity contribution in [3.8, 4) is 0 Å². The molecule has 7 nitrogen and oxygen atoms in total. The molecule has 3 aromatic heterocycles. The largest absolute Gasteiger partial charge is 0.381 e. The van der Waals surface area contributed by atoms with Gasteiger partial charge < -0.3 is 4.74 Å². The highest BCUT2D eigenvalue weighted by atomic mass is 35.5. The van der Waals surface area contributed by atoms with Gasteiger partial charge in [0.05, 0.1) is 6.20 Å². The van der Waals surface area contributed by atoms with Gasteiger partial charge in [-0.15, -0.1) is 10.2 Å². The van der Waals surface area contributed by atoms with Gasteiger partial charge >= 0.3 is 0 Å². The van der Waals surface area contributed by atoms with Crippen molar-refractivity contribution in [1.82, 2.24) is 29.1 Å². The van der Waals surface area contributed by atoms with Crippen molar-refractivity contribution in [2.24, 2.45) is 0 Å². The summed E-state index contributed by atoms with van der Waals surface area (Å²) in [5.41, 5.74) is 1.67. The Kier molecular flexibility index (Phi) is 2.42. The van der Waals surface area contributed by atoms with E-state index >= 15 is 0 Å². The predicted octanol–water partition coefficient (Wildman–Crippen LogP) is 1.48. The van der Waals surface area contributed by atoms with Crippen molar-refractivity contribution in [2.45, 2.75) is 18.9 Å². The third-order valence-electron chi connectivity index (χ3n) is 3.51. The molecule has 0 spiro atoms. The molecule has 4 rings (SSSR count). The predicted molar refractivity (Wildman–Crippen MR) is 68.2 cm³/mol. The number of halogens is 1. The molecule has 1 saturated heterocycles. The number of ether oxygens (including phenoxy) is 1. The number of hydrogen-bond donors (Lipinski definition) is 0. The first-order valence-electron chi connectivity index (χ1n) is 6.14. The monoisotopic (exact) mass is 278 g/mol. The van der Waals surface area contributed by atoms with E-state index in [4.69, 9.17) is 16.3 Å². The summed E-state index contributed by atoms with van der Waals surface area (Å²) in [5, 5.41) is 8.39. The maximum absolute atomic E-state index is 5.92. The molecule has 1 aliphatic heterocycles. The summed E-state index contributed by atoms with van der Waals surface area (Å²) in [7, 11) is 0. The van der Waals surface area contributed by atoms with Gasteiger partial charge in [-0.1, -0.05) is 0 Å². The molecule has 0 atom stereocenters. The van der Waals surface area contributed by atoms with Crippen LogP contribution in [0.3, 0.4) is 0 Å². The topological polar surface area (TPSA) is 70.1 Å². The van der Waals surface area contributed by atoms with Crippen LogP contribution in [0.5, 0.6) is 0 Å². The Morgan fingerprint density at radius 1 is 1.32 bits per heavy atom. The van der Waals surface area contributed by atoms with Gasteiger partial charge in [0.2, 0.25) is 11.1 Å². The molecule has 98 valence electrons. The van der Waals surface area contributed by atoms with Crippen molar-refractivity contribution >= 4 is 28.5 Å². The Bertz CT molecular complexity index is 744. The van der Waals surface area contributed by atoms with Gasteiger partial charge in [0.15, 0.2) is 5.65 Å². The fourth-order valence-corrected chi connectivity index (χ4v) is 2.76. The van der Waals surface area contributed by atoms with E-state index in [1.807, 2.05) is 4.40 Å². The van der Waals surface area contributed by atoms with Crippen LogP contribution < -0.4 is 0 Å². The third-order valence-corrected chi connectivity index (χ3v) is 3.69. The second kappa shape index (κ2) is 4.14. The molecule has 0 N–H and O–H groups in total. The normalized spacial score (nSPS) is 17.5. The molecule has 0 bridgehead atoms. The van der Waals surface area contributed by atoms with Crippen molar-refractivity contribution in [1.29, 1.82) is 0 Å². The maximum Gasteiger partial charge on any atom is 0.237 e. The summed E-state index contributed by atoms with van der Waals surface area (Å²) >= 11 is 5.92. The highest BCUT2D eigenvalue weighted by molar-refractivity contribution is 6.28. The van der Waals surface area contributed by atoms with E-state index in [2.05, 4.69) is 24.7 Å². The van der Waals surface area contributed by atoms with E-state index in [-0.39, 0.29) is 5.28 Å². The molecule has 19 heavy (non-hydrogen) atoms. The van der Waals surface area contributed by atoms with E-state index in [1.54, 1.807) is 12.5 Å². The fourth-order valence-electron chi connectivity index (χ4n) is 2.63. The van der Waals surface area contributed by atoms with Gasteiger partial charge in [-0.3, -0.25) is 8.97 Å². The number of hydrogen-bond acceptors (Lipinski definition) is 5. The average molecular weight is 279 g/mol. The summed E-state index contributed by atoms with van der Waals surface area (Å²) in [6.45, 7) is 1.51. The van der Waals surface area contributed by atoms with Gasteiger partial charge in [-0.2, -0.15) is 4.98 Å². The van der Waals surface area contributed by atoms with Crippen LogP contribution in [0.25, 0.3) is 16.9 Å². The first-order valence-corrected chi connectivity index (χ1v) is 6.52. The number of rotatable bonds is 1. The summed E-state index contributed by atoms with van der Waals surface area (Å²) in [6.07, 6.45) is 5.25. The Balaban J connectivity index is 2.02. The van der Waals surface area contributed by atoms with Crippen molar-refractivity contribution in [3.63, 3.8) is 0 Å². The lowest BCUT2D eigenvalue weighted by Gasteiger charge is -2.23. The van der Waals surface area contributed by atoms with Crippen LogP contribution in [-0.4, -0.2) is 42.3 Å². The molecule has 4 heterocycles. The first kappa shape index (κ1) is 11.1. The lowest BCUT2D eigenvalue weighted by Crippen LogP contribution is -2.20. The van der Waals surface area contributed by atoms with Crippen LogP contribution in [-0.2, 0) is 4.74 Å². The van der Waals surface area contributed by atoms with E-state index in [0.717, 1.165) is 43.0 Å². The van der Waals surface area contributed by atoms with Crippen LogP contribution in [0.1, 0.15) is 18.9 Å². The molecule has 0 radical (unpaired) electrons. The molecule has 0 amide bonds. The molecule has 0 unspecified atom stereocenters. The minimum absolute atomic E-state index is 0.245. The number of fused-ring (bicyclic) bond motifs is 3. The Hall–Kier alpha value is -1.73. The van der Waals surface area contributed by atoms with E-state index in [9.17, 15) is 0 Å². The van der Waals surface area contributed by atoms with Gasteiger partial charge in [-0.25, -0.2) is 4.98 Å². The summed E-state index contributed by atoms with van der Waals surface area (Å²) < 4.78 is 9.40. The van der Waals surface area contributed by atoms with Crippen molar-refractivity contribution in [2.75, 3.05) is 13.2 Å². The van der Waals surface area contributed by atoms with Gasteiger partial charge in [0.25, 0.3) is 0 Å². The molecule has 0 aromatic carbocycles. The molecule has 1 aliphatic rings. The van der Waals surface area contributed by atoms with Crippen LogP contribution >= 0.6 is 11.6 Å². The fraction of sp³-hybridized carbons (Fsp3) is 0.455. The molecule has 0 saturated carbocycles. The highest BCUT2D eigenvalue weighted by Gasteiger charge is 2.23. The van der Waals surface area contributed by atoms with E-state index in [1.165, 1.54) is 0 Å². The van der Waals surface area contributed by atoms with Gasteiger partial charge in [0, 0.05) is 19.3 Å². The number of aromatic nitrogens is 6. The minimum atomic E-state index is 0.245. The zero-order valence-corrected chi connectivity index (χ0v) is 10.8. The van der Waals surface area contributed by atoms with Crippen LogP contribution in [0.4, 0.5) is 0 Å². The SMILES string of the molecule is Clc1ncc2c(n1)n(C1CCOCC1)c1nncn21. The summed E-state index contributed by atoms with van der Waals surface area (Å²) in [5.74, 6) is 0.776. The van der Waals surface area contributed by atoms with Gasteiger partial charge in [-0.05, 0) is 24.4 Å². The van der Waals surface area contributed by atoms with E-state index in [0.29, 0.717) is 6.04 Å². The molecular formula is C11H11ClN6O. The Morgan fingerprint density at radius 2 is 2.16 bits per heavy atom. The van der Waals surface area contributed by atoms with Gasteiger partial charge in [0.1, 0.15) is 11.8 Å². The van der Waals surface area contributed by atoms with Crippen LogP contribution in [0.15, 0.2) is 12.5 Å². The van der Waals surface area contributed by atoms with Crippen LogP contribution in [0.2, 0.25) is 5.28 Å². The first-order chi connectivity index (χ1) is 9.34. The molecule has 0 aliphatic carbocycles. The number of imidazole rings is 1. The smallest absolute Gasteiger partial charge is 0.237 e. The van der Waals surface area contributed by atoms with Crippen molar-refractivity contribution < 1.29 is 4.74 Å². The Labute approximate surface area is 113 Å². The maximum atomic E-state index is 5.92. The third kappa shape index (κ3) is 1.62. The highest BCUT2D eigenvalue weighted by Crippen LogP contribution is 2.28. The van der Waals surface area contributed by atoms with E-state index < -0.39 is 0 Å². The number of nitrogens with zero attached hydrogens (tertiary/aromatic N) is 6. The molecule has 3 aromatic rings. The zero-order valence-electron chi connectivity index (χ0n) is 10.0. The summed E-state index contributed by atoms with van der Waals surface area (Å²) in [4.78, 5) is 8.38. The lowest BCUT2D eigenvalue weighted by molar-refractivity contribution is 0.0713. The molecular weight excluding hydrogens is 268 g/mol. The van der Waals surface area contributed by atoms with Crippen LogP contribution in [0, 0.1) is 0 Å². The summed E-state index contributed by atoms with van der Waals surface area (Å²) in [6, 6.07) is 0.309. The Morgan fingerprint density at radius 3 is 3.00 bits per heavy atom. The standard InChI is InChI=1S/C11H11ClN6O/c12-10-13-5-8-9(15-10)18(7-1-3-19-4-2-7)11-16-14-6-17(8)11/h5-7H,1-4H2. The second-order valence-electron chi connectivity index (χ2n) is 4.56. The molecule has 8 heteroatoms. The minimum Gasteiger partial charge on any atom is -0.381 e. The van der Waals surface area contributed by atoms with Crippen molar-refractivity contribution in [3.05, 3.63) is 17.8 Å². The lowest BCUT2D eigenvalue weighted by atomic mass is 10.1. The second-order valence-corrected chi connectivity index (χ2v) is 4.90.